The van der Waals surface area contributed by atoms with Crippen LogP contribution in [0.2, 0.25) is 0 Å². The van der Waals surface area contributed by atoms with Crippen molar-refractivity contribution in [3.8, 4) is 0 Å². The van der Waals surface area contributed by atoms with Gasteiger partial charge in [-0.2, -0.15) is 0 Å². The molecule has 0 saturated carbocycles. The number of rotatable bonds is 0. The first-order valence-corrected chi connectivity index (χ1v) is 12.7. The van der Waals surface area contributed by atoms with Gasteiger partial charge in [-0.1, -0.05) is 0 Å². The first-order valence-electron chi connectivity index (χ1n) is 12.7. The van der Waals surface area contributed by atoms with Crippen LogP contribution in [0.4, 0.5) is 95.9 Å². The molecule has 0 saturated heterocycles. The van der Waals surface area contributed by atoms with E-state index in [2.05, 4.69) is 94.7 Å². The number of carboxylic acid groups (broad SMARTS) is 1. The second-order valence-corrected chi connectivity index (χ2v) is 7.16. The zero-order chi connectivity index (χ0) is 47.7. The fraction of sp³-hybridized carbons (Fsp3) is 0.0476. The Balaban J connectivity index is 4.50. The van der Waals surface area contributed by atoms with E-state index in [0.29, 0.717) is 0 Å². The lowest BCUT2D eigenvalue weighted by molar-refractivity contribution is 0.0141. The van der Waals surface area contributed by atoms with Gasteiger partial charge in [0, 0.05) is 0 Å². The van der Waals surface area contributed by atoms with E-state index >= 15 is 0 Å². The van der Waals surface area contributed by atoms with E-state index in [1.165, 1.54) is 0 Å². The standard InChI is InChI=1S/C21H4O41/c1-43-3(24)45-5(26)47-7(28)49-9(30)51-11(32)53-13(34)55-15(36)57-17(38)59-19(40)61-21(42)62-20(41)60-18(39)58-16(37)56-14(35)54-12(33)52-10(31)50-8(29)48-6(27)46-4(25)44-2(22)23/h1H3,(H,22,23). The second kappa shape index (κ2) is 25.4. The van der Waals surface area contributed by atoms with Crippen LogP contribution in [0, 0.1) is 0 Å². The van der Waals surface area contributed by atoms with Crippen LogP contribution in [-0.4, -0.2) is 135 Å². The molecule has 0 heterocycles. The van der Waals surface area contributed by atoms with Crippen molar-refractivity contribution in [2.45, 2.75) is 0 Å². The third kappa shape index (κ3) is 25.3. The molecule has 0 aliphatic rings. The van der Waals surface area contributed by atoms with Gasteiger partial charge < -0.3 is 99.8 Å². The minimum absolute atomic E-state index is 0.725. The van der Waals surface area contributed by atoms with Crippen molar-refractivity contribution in [2.24, 2.45) is 0 Å². The molecular weight excluding hydrogens is 908 g/mol. The average molecular weight is 912 g/mol. The molecule has 62 heavy (non-hydrogen) atoms. The lowest BCUT2D eigenvalue weighted by Crippen LogP contribution is -2.27. The highest BCUT2D eigenvalue weighted by atomic mass is 17.0. The molecule has 0 unspecified atom stereocenters. The number of hydrogen-bond donors (Lipinski definition) is 1. The highest BCUT2D eigenvalue weighted by Crippen LogP contribution is 2.04. The van der Waals surface area contributed by atoms with Crippen molar-refractivity contribution in [1.82, 2.24) is 0 Å². The van der Waals surface area contributed by atoms with Gasteiger partial charge in [0.05, 0.1) is 7.11 Å². The molecule has 0 radical (unpaired) electrons. The summed E-state index contributed by atoms with van der Waals surface area (Å²) >= 11 is 0. The van der Waals surface area contributed by atoms with E-state index in [-0.39, 0.29) is 0 Å². The Kier molecular flexibility index (Phi) is 21.0. The lowest BCUT2D eigenvalue weighted by atomic mass is 11.1. The Morgan fingerprint density at radius 2 is 0.290 bits per heavy atom. The van der Waals surface area contributed by atoms with Crippen molar-refractivity contribution >= 4 is 123 Å². The lowest BCUT2D eigenvalue weighted by Gasteiger charge is -2.05. The van der Waals surface area contributed by atoms with Gasteiger partial charge in [0.15, 0.2) is 0 Å². The second-order valence-electron chi connectivity index (χ2n) is 7.16. The van der Waals surface area contributed by atoms with Crippen LogP contribution in [-0.2, 0) is 94.7 Å². The first-order chi connectivity index (χ1) is 28.8. The Morgan fingerprint density at radius 3 is 0.387 bits per heavy atom. The summed E-state index contributed by atoms with van der Waals surface area (Å²) in [7, 11) is 0.725. The molecule has 0 aromatic rings. The maximum absolute atomic E-state index is 11.3. The molecule has 0 fully saturated rings. The van der Waals surface area contributed by atoms with Gasteiger partial charge in [0.25, 0.3) is 0 Å². The molecule has 0 spiro atoms. The summed E-state index contributed by atoms with van der Waals surface area (Å²) < 4.78 is 69.4. The molecule has 1 N–H and O–H groups in total. The van der Waals surface area contributed by atoms with E-state index < -0.39 is 123 Å². The van der Waals surface area contributed by atoms with Gasteiger partial charge >= 0.3 is 123 Å². The molecule has 334 valence electrons. The average Bonchev–Trinajstić information content (AvgIpc) is 3.05. The molecule has 0 rings (SSSR count). The predicted molar refractivity (Wildman–Crippen MR) is 138 cm³/mol. The normalized spacial score (nSPS) is 9.11. The molecule has 0 amide bonds. The number of hydrogen-bond acceptors (Lipinski definition) is 40. The van der Waals surface area contributed by atoms with Crippen molar-refractivity contribution in [3.05, 3.63) is 0 Å². The Morgan fingerprint density at radius 1 is 0.194 bits per heavy atom. The van der Waals surface area contributed by atoms with Crippen molar-refractivity contribution < 1.29 is 196 Å². The zero-order valence-corrected chi connectivity index (χ0v) is 27.8. The van der Waals surface area contributed by atoms with Gasteiger partial charge in [0.1, 0.15) is 0 Å². The third-order valence-electron chi connectivity index (χ3n) is 3.34. The molecule has 0 aromatic heterocycles. The van der Waals surface area contributed by atoms with Gasteiger partial charge in [-0.15, -0.1) is 0 Å². The summed E-state index contributed by atoms with van der Waals surface area (Å²) in [6.07, 6.45) is -48.3. The number of methoxy groups -OCH3 is 1. The minimum Gasteiger partial charge on any atom is -0.449 e. The van der Waals surface area contributed by atoms with E-state index in [9.17, 15) is 95.9 Å². The summed E-state index contributed by atoms with van der Waals surface area (Å²) in [6, 6.07) is 0. The van der Waals surface area contributed by atoms with Crippen LogP contribution < -0.4 is 0 Å². The summed E-state index contributed by atoms with van der Waals surface area (Å²) in [5, 5.41) is 8.06. The maximum atomic E-state index is 11.3. The van der Waals surface area contributed by atoms with Crippen molar-refractivity contribution in [2.75, 3.05) is 7.11 Å². The van der Waals surface area contributed by atoms with Crippen LogP contribution in [0.5, 0.6) is 0 Å². The zero-order valence-electron chi connectivity index (χ0n) is 27.8. The van der Waals surface area contributed by atoms with E-state index in [1.807, 2.05) is 0 Å². The number of ether oxygens (including phenoxy) is 20. The maximum Gasteiger partial charge on any atom is 0.528 e. The largest absolute Gasteiger partial charge is 0.528 e. The van der Waals surface area contributed by atoms with Gasteiger partial charge in [-0.05, 0) is 0 Å². The molecule has 0 atom stereocenters. The summed E-state index contributed by atoms with van der Waals surface area (Å²) in [4.78, 5) is 221. The van der Waals surface area contributed by atoms with Gasteiger partial charge in [-0.3, -0.25) is 0 Å². The quantitative estimate of drug-likeness (QED) is 0.207. The Hall–Kier alpha value is -10.8. The molecule has 0 aromatic carbocycles. The summed E-state index contributed by atoms with van der Waals surface area (Å²) in [6.45, 7) is 0. The van der Waals surface area contributed by atoms with Crippen molar-refractivity contribution in [3.63, 3.8) is 0 Å². The van der Waals surface area contributed by atoms with Crippen LogP contribution in [0.15, 0.2) is 0 Å². The third-order valence-corrected chi connectivity index (χ3v) is 3.34. The van der Waals surface area contributed by atoms with E-state index in [0.717, 1.165) is 7.11 Å². The van der Waals surface area contributed by atoms with Crippen LogP contribution in [0.1, 0.15) is 0 Å². The van der Waals surface area contributed by atoms with E-state index in [4.69, 9.17) is 5.11 Å². The summed E-state index contributed by atoms with van der Waals surface area (Å²) in [5.41, 5.74) is 0. The monoisotopic (exact) mass is 912 g/mol. The molecular formula is C21H4O41. The molecule has 0 bridgehead atoms. The fourth-order valence-corrected chi connectivity index (χ4v) is 1.71. The predicted octanol–water partition coefficient (Wildman–Crippen LogP) is 2.91. The molecule has 41 heteroatoms. The van der Waals surface area contributed by atoms with E-state index in [1.54, 1.807) is 0 Å². The first kappa shape index (κ1) is 51.2. The van der Waals surface area contributed by atoms with Crippen LogP contribution in [0.25, 0.3) is 0 Å². The highest BCUT2D eigenvalue weighted by Gasteiger charge is 2.31. The van der Waals surface area contributed by atoms with Crippen molar-refractivity contribution in [1.29, 1.82) is 0 Å². The molecule has 41 nitrogen and oxygen atoms in total. The smallest absolute Gasteiger partial charge is 0.449 e. The van der Waals surface area contributed by atoms with Gasteiger partial charge in [0.2, 0.25) is 0 Å². The topological polar surface area (TPSA) is 546 Å². The Bertz CT molecular complexity index is 1970. The highest BCUT2D eigenvalue weighted by molar-refractivity contribution is 5.95. The number of carbonyl (C=O) groups excluding carboxylic acids is 19. The van der Waals surface area contributed by atoms with Gasteiger partial charge in [-0.25, -0.2) is 95.9 Å². The SMILES string of the molecule is COC(=O)OC(=O)OC(=O)OC(=O)OC(=O)OC(=O)OC(=O)OC(=O)OC(=O)OC(=O)OC(=O)OC(=O)OC(=O)OC(=O)OC(=O)OC(=O)OC(=O)OC(=O)OC(=O)OC(=O)O. The minimum atomic E-state index is -2.58. The summed E-state index contributed by atoms with van der Waals surface area (Å²) in [5.74, 6) is 0. The van der Waals surface area contributed by atoms with Crippen LogP contribution in [0.3, 0.4) is 0 Å². The number of carbonyl (C=O) groups is 20. The molecule has 0 aliphatic heterocycles. The molecule has 0 aliphatic carbocycles. The fourth-order valence-electron chi connectivity index (χ4n) is 1.71. The Labute approximate surface area is 326 Å². The van der Waals surface area contributed by atoms with Crippen LogP contribution >= 0.6 is 0 Å².